The van der Waals surface area contributed by atoms with E-state index in [1.54, 1.807) is 12.1 Å². The topological polar surface area (TPSA) is 50.8 Å². The predicted octanol–water partition coefficient (Wildman–Crippen LogP) is 5.61. The van der Waals surface area contributed by atoms with Crippen molar-refractivity contribution in [2.24, 2.45) is 0 Å². The monoisotopic (exact) mass is 396 g/mol. The summed E-state index contributed by atoms with van der Waals surface area (Å²) in [4.78, 5) is 16.6. The number of carbonyl (C=O) groups is 1. The van der Waals surface area contributed by atoms with Crippen molar-refractivity contribution in [1.82, 2.24) is 5.06 Å². The first kappa shape index (κ1) is 19.7. The lowest BCUT2D eigenvalue weighted by molar-refractivity contribution is -0.0598. The van der Waals surface area contributed by atoms with Crippen LogP contribution in [0.5, 0.6) is 5.75 Å². The SMILES string of the molecule is CON(C)C(=O)Nc1ccc(COc2ccc(-c3ccccc3)cc2)c(Cl)c1. The first-order valence-corrected chi connectivity index (χ1v) is 9.10. The van der Waals surface area contributed by atoms with Crippen LogP contribution in [0, 0.1) is 0 Å². The minimum atomic E-state index is -0.388. The molecular formula is C22H21ClN2O3. The lowest BCUT2D eigenvalue weighted by Gasteiger charge is -2.15. The standard InChI is InChI=1S/C22H21ClN2O3/c1-25(27-2)22(26)24-19-11-8-18(21(23)14-19)15-28-20-12-9-17(10-13-20)16-6-4-3-5-7-16/h3-14H,15H2,1-2H3,(H,24,26). The number of hydrogen-bond donors (Lipinski definition) is 1. The van der Waals surface area contributed by atoms with Crippen molar-refractivity contribution in [3.63, 3.8) is 0 Å². The van der Waals surface area contributed by atoms with Crippen molar-refractivity contribution in [2.45, 2.75) is 6.61 Å². The van der Waals surface area contributed by atoms with Gasteiger partial charge >= 0.3 is 6.03 Å². The molecule has 0 atom stereocenters. The molecule has 0 fully saturated rings. The fourth-order valence-corrected chi connectivity index (χ4v) is 2.80. The van der Waals surface area contributed by atoms with E-state index in [-0.39, 0.29) is 6.03 Å². The highest BCUT2D eigenvalue weighted by Gasteiger charge is 2.10. The summed E-state index contributed by atoms with van der Waals surface area (Å²) in [6, 6.07) is 23.0. The molecule has 0 aliphatic carbocycles. The third-order valence-corrected chi connectivity index (χ3v) is 4.57. The Labute approximate surface area is 169 Å². The maximum atomic E-state index is 11.8. The highest BCUT2D eigenvalue weighted by molar-refractivity contribution is 6.31. The fourth-order valence-electron chi connectivity index (χ4n) is 2.56. The Bertz CT molecular complexity index is 930. The van der Waals surface area contributed by atoms with Gasteiger partial charge in [-0.3, -0.25) is 4.84 Å². The lowest BCUT2D eigenvalue weighted by Crippen LogP contribution is -2.30. The zero-order chi connectivity index (χ0) is 19.9. The van der Waals surface area contributed by atoms with Gasteiger partial charge in [0.1, 0.15) is 12.4 Å². The van der Waals surface area contributed by atoms with Crippen molar-refractivity contribution in [3.05, 3.63) is 83.4 Å². The van der Waals surface area contributed by atoms with Crippen LogP contribution in [0.4, 0.5) is 10.5 Å². The molecule has 2 amide bonds. The van der Waals surface area contributed by atoms with Gasteiger partial charge in [-0.25, -0.2) is 9.86 Å². The summed E-state index contributed by atoms with van der Waals surface area (Å²) >= 11 is 6.32. The molecule has 0 saturated carbocycles. The molecule has 0 heterocycles. The average molecular weight is 397 g/mol. The Morgan fingerprint density at radius 1 is 1.00 bits per heavy atom. The smallest absolute Gasteiger partial charge is 0.345 e. The molecule has 3 rings (SSSR count). The second kappa shape index (κ2) is 9.26. The molecule has 0 aliphatic heterocycles. The Balaban J connectivity index is 1.61. The second-order valence-corrected chi connectivity index (χ2v) is 6.50. The highest BCUT2D eigenvalue weighted by atomic mass is 35.5. The number of nitrogens with zero attached hydrogens (tertiary/aromatic N) is 1. The van der Waals surface area contributed by atoms with E-state index in [0.29, 0.717) is 17.3 Å². The maximum Gasteiger partial charge on any atom is 0.345 e. The van der Waals surface area contributed by atoms with E-state index in [4.69, 9.17) is 21.2 Å². The third-order valence-electron chi connectivity index (χ3n) is 4.22. The third kappa shape index (κ3) is 5.03. The van der Waals surface area contributed by atoms with E-state index in [1.807, 2.05) is 48.5 Å². The van der Waals surface area contributed by atoms with Crippen LogP contribution in [0.15, 0.2) is 72.8 Å². The predicted molar refractivity (Wildman–Crippen MR) is 111 cm³/mol. The number of carbonyl (C=O) groups excluding carboxylic acids is 1. The van der Waals surface area contributed by atoms with Gasteiger partial charge < -0.3 is 10.1 Å². The summed E-state index contributed by atoms with van der Waals surface area (Å²) in [6.45, 7) is 0.329. The minimum Gasteiger partial charge on any atom is -0.489 e. The van der Waals surface area contributed by atoms with Gasteiger partial charge in [0.2, 0.25) is 0 Å². The Hall–Kier alpha value is -3.02. The van der Waals surface area contributed by atoms with Crippen LogP contribution >= 0.6 is 11.6 Å². The molecule has 3 aromatic carbocycles. The van der Waals surface area contributed by atoms with Gasteiger partial charge in [0.05, 0.1) is 7.11 Å². The minimum absolute atomic E-state index is 0.329. The van der Waals surface area contributed by atoms with Gasteiger partial charge in [0, 0.05) is 23.3 Å². The summed E-state index contributed by atoms with van der Waals surface area (Å²) in [7, 11) is 2.93. The molecule has 28 heavy (non-hydrogen) atoms. The Morgan fingerprint density at radius 3 is 2.32 bits per heavy atom. The summed E-state index contributed by atoms with van der Waals surface area (Å²) in [6.07, 6.45) is 0. The van der Waals surface area contributed by atoms with Crippen LogP contribution in [-0.4, -0.2) is 25.3 Å². The number of ether oxygens (including phenoxy) is 1. The van der Waals surface area contributed by atoms with Crippen LogP contribution in [0.25, 0.3) is 11.1 Å². The zero-order valence-electron chi connectivity index (χ0n) is 15.7. The van der Waals surface area contributed by atoms with E-state index in [2.05, 4.69) is 17.4 Å². The molecule has 0 spiro atoms. The van der Waals surface area contributed by atoms with Crippen LogP contribution in [0.1, 0.15) is 5.56 Å². The Morgan fingerprint density at radius 2 is 1.68 bits per heavy atom. The van der Waals surface area contributed by atoms with Crippen molar-refractivity contribution in [1.29, 1.82) is 0 Å². The molecule has 0 unspecified atom stereocenters. The van der Waals surface area contributed by atoms with Crippen molar-refractivity contribution < 1.29 is 14.4 Å². The number of hydroxylamine groups is 2. The van der Waals surface area contributed by atoms with E-state index in [1.165, 1.54) is 14.2 Å². The first-order chi connectivity index (χ1) is 13.6. The number of urea groups is 1. The highest BCUT2D eigenvalue weighted by Crippen LogP contribution is 2.25. The molecule has 0 bridgehead atoms. The van der Waals surface area contributed by atoms with Gasteiger partial charge in [0.25, 0.3) is 0 Å². The van der Waals surface area contributed by atoms with Crippen LogP contribution in [0.2, 0.25) is 5.02 Å². The number of hydrogen-bond acceptors (Lipinski definition) is 3. The summed E-state index contributed by atoms with van der Waals surface area (Å²) in [5.41, 5.74) is 3.70. The normalized spacial score (nSPS) is 10.4. The molecule has 1 N–H and O–H groups in total. The van der Waals surface area contributed by atoms with Gasteiger partial charge in [0.15, 0.2) is 0 Å². The van der Waals surface area contributed by atoms with E-state index < -0.39 is 0 Å². The van der Waals surface area contributed by atoms with Gasteiger partial charge in [-0.1, -0.05) is 60.1 Å². The molecule has 0 aliphatic rings. The quantitative estimate of drug-likeness (QED) is 0.551. The fraction of sp³-hybridized carbons (Fsp3) is 0.136. The second-order valence-electron chi connectivity index (χ2n) is 6.10. The van der Waals surface area contributed by atoms with Gasteiger partial charge in [-0.05, 0) is 35.4 Å². The van der Waals surface area contributed by atoms with Crippen molar-refractivity contribution >= 4 is 23.3 Å². The van der Waals surface area contributed by atoms with Gasteiger partial charge in [-0.15, -0.1) is 0 Å². The lowest BCUT2D eigenvalue weighted by atomic mass is 10.1. The van der Waals surface area contributed by atoms with E-state index in [0.717, 1.165) is 27.5 Å². The number of rotatable bonds is 6. The molecule has 6 heteroatoms. The summed E-state index contributed by atoms with van der Waals surface area (Å²) in [5, 5.41) is 4.29. The first-order valence-electron chi connectivity index (χ1n) is 8.72. The van der Waals surface area contributed by atoms with Crippen LogP contribution < -0.4 is 10.1 Å². The number of benzene rings is 3. The van der Waals surface area contributed by atoms with E-state index >= 15 is 0 Å². The average Bonchev–Trinajstić information content (AvgIpc) is 2.73. The number of amides is 2. The maximum absolute atomic E-state index is 11.8. The molecule has 0 saturated heterocycles. The molecule has 0 aromatic heterocycles. The van der Waals surface area contributed by atoms with E-state index in [9.17, 15) is 4.79 Å². The molecule has 5 nitrogen and oxygen atoms in total. The number of halogens is 1. The summed E-state index contributed by atoms with van der Waals surface area (Å²) < 4.78 is 5.84. The number of anilines is 1. The van der Waals surface area contributed by atoms with Crippen molar-refractivity contribution in [2.75, 3.05) is 19.5 Å². The summed E-state index contributed by atoms with van der Waals surface area (Å²) in [5.74, 6) is 0.759. The largest absolute Gasteiger partial charge is 0.489 e. The molecule has 3 aromatic rings. The van der Waals surface area contributed by atoms with Crippen LogP contribution in [0.3, 0.4) is 0 Å². The van der Waals surface area contributed by atoms with Crippen molar-refractivity contribution in [3.8, 4) is 16.9 Å². The number of nitrogens with one attached hydrogen (secondary N) is 1. The van der Waals surface area contributed by atoms with Crippen LogP contribution in [-0.2, 0) is 11.4 Å². The zero-order valence-corrected chi connectivity index (χ0v) is 16.4. The molecule has 0 radical (unpaired) electrons. The Kier molecular flexibility index (Phi) is 6.53. The molecule has 144 valence electrons. The molecular weight excluding hydrogens is 376 g/mol. The van der Waals surface area contributed by atoms with Gasteiger partial charge in [-0.2, -0.15) is 0 Å².